The van der Waals surface area contributed by atoms with Crippen molar-refractivity contribution in [2.75, 3.05) is 0 Å². The van der Waals surface area contributed by atoms with Gasteiger partial charge in [-0.2, -0.15) is 5.26 Å². The molecule has 0 bridgehead atoms. The Morgan fingerprint density at radius 3 is 2.28 bits per heavy atom. The average molecular weight is 272 g/mol. The quantitative estimate of drug-likeness (QED) is 0.422. The van der Waals surface area contributed by atoms with Crippen molar-refractivity contribution in [3.63, 3.8) is 0 Å². The monoisotopic (exact) mass is 272 g/mol. The van der Waals surface area contributed by atoms with E-state index >= 15 is 0 Å². The van der Waals surface area contributed by atoms with Gasteiger partial charge in [0.15, 0.2) is 8.32 Å². The molecule has 0 saturated heterocycles. The van der Waals surface area contributed by atoms with E-state index < -0.39 is 20.5 Å². The van der Waals surface area contributed by atoms with Crippen molar-refractivity contribution < 1.29 is 9.35 Å². The zero-order valence-electron chi connectivity index (χ0n) is 12.2. The van der Waals surface area contributed by atoms with Crippen LogP contribution in [0.4, 0.5) is 0 Å². The maximum atomic E-state index is 11.0. The molecule has 0 aromatic heterocycles. The summed E-state index contributed by atoms with van der Waals surface area (Å²) in [5.74, 6) is 0. The molecule has 0 aromatic rings. The summed E-state index contributed by atoms with van der Waals surface area (Å²) in [7, 11) is -2.00. The minimum Gasteiger partial charge on any atom is -0.407 e. The molecule has 0 fully saturated rings. The molecule has 0 amide bonds. The Balaban J connectivity index is 4.76. The minimum absolute atomic E-state index is 0.0254. The van der Waals surface area contributed by atoms with E-state index in [-0.39, 0.29) is 22.8 Å². The molecule has 0 heterocycles. The first-order chi connectivity index (χ1) is 8.03. The molecule has 18 heavy (non-hydrogen) atoms. The third kappa shape index (κ3) is 4.74. The van der Waals surface area contributed by atoms with Gasteiger partial charge in [0.25, 0.3) is 0 Å². The number of hydrogen-bond acceptors (Lipinski definition) is 4. The van der Waals surface area contributed by atoms with Crippen LogP contribution in [0.1, 0.15) is 40.5 Å². The van der Waals surface area contributed by atoms with Gasteiger partial charge in [0.05, 0.1) is 6.07 Å². The fraction of sp³-hybridized carbons (Fsp3) is 0.917. The van der Waals surface area contributed by atoms with Crippen LogP contribution in [0, 0.1) is 21.4 Å². The van der Waals surface area contributed by atoms with Crippen molar-refractivity contribution in [1.29, 1.82) is 5.26 Å². The first-order valence-electron chi connectivity index (χ1n) is 6.21. The second-order valence-corrected chi connectivity index (χ2v) is 10.9. The lowest BCUT2D eigenvalue weighted by Gasteiger charge is -2.38. The van der Waals surface area contributed by atoms with Gasteiger partial charge in [-0.05, 0) is 25.1 Å². The zero-order valence-corrected chi connectivity index (χ0v) is 13.2. The molecule has 0 aliphatic heterocycles. The molecular weight excluding hydrogens is 248 g/mol. The average Bonchev–Trinajstić information content (AvgIpc) is 2.14. The third-order valence-electron chi connectivity index (χ3n) is 3.65. The lowest BCUT2D eigenvalue weighted by Crippen LogP contribution is -2.47. The third-order valence-corrected chi connectivity index (χ3v) is 8.22. The molecule has 104 valence electrons. The smallest absolute Gasteiger partial charge is 0.238 e. The highest BCUT2D eigenvalue weighted by Gasteiger charge is 2.41. The fourth-order valence-corrected chi connectivity index (χ4v) is 2.88. The van der Waals surface area contributed by atoms with Crippen LogP contribution in [0.25, 0.3) is 0 Å². The van der Waals surface area contributed by atoms with E-state index in [9.17, 15) is 10.1 Å². The van der Waals surface area contributed by atoms with Crippen molar-refractivity contribution >= 4 is 8.32 Å². The molecule has 0 N–H and O–H groups in total. The first-order valence-corrected chi connectivity index (χ1v) is 9.12. The summed E-state index contributed by atoms with van der Waals surface area (Å²) in [6.07, 6.45) is -0.00916. The summed E-state index contributed by atoms with van der Waals surface area (Å²) in [6.45, 7) is 12.2. The maximum Gasteiger partial charge on any atom is 0.238 e. The molecule has 0 aromatic carbocycles. The molecule has 0 rings (SSSR count). The molecule has 0 spiro atoms. The van der Waals surface area contributed by atoms with Gasteiger partial charge in [0.2, 0.25) is 6.04 Å². The Morgan fingerprint density at radius 1 is 1.44 bits per heavy atom. The summed E-state index contributed by atoms with van der Waals surface area (Å²) in [4.78, 5) is 10.7. The lowest BCUT2D eigenvalue weighted by atomic mass is 10.1. The lowest BCUT2D eigenvalue weighted by molar-refractivity contribution is -0.533. The molecule has 6 heteroatoms. The first kappa shape index (κ1) is 17.1. The Bertz CT molecular complexity index is 331. The van der Waals surface area contributed by atoms with Crippen LogP contribution >= 0.6 is 0 Å². The number of hydrogen-bond donors (Lipinski definition) is 0. The second kappa shape index (κ2) is 6.30. The van der Waals surface area contributed by atoms with Gasteiger partial charge in [-0.1, -0.05) is 20.8 Å². The van der Waals surface area contributed by atoms with Gasteiger partial charge in [-0.15, -0.1) is 0 Å². The normalized spacial score (nSPS) is 15.8. The SMILES string of the molecule is C[C@H](O[Si](C)(C)C(C)(C)C)C(CCC#N)[N+](=O)[O-]. The van der Waals surface area contributed by atoms with Crippen LogP contribution in [0.15, 0.2) is 0 Å². The van der Waals surface area contributed by atoms with Crippen molar-refractivity contribution in [1.82, 2.24) is 0 Å². The topological polar surface area (TPSA) is 76.2 Å². The van der Waals surface area contributed by atoms with Gasteiger partial charge in [-0.25, -0.2) is 0 Å². The summed E-state index contributed by atoms with van der Waals surface area (Å²) < 4.78 is 6.01. The van der Waals surface area contributed by atoms with E-state index in [2.05, 4.69) is 33.9 Å². The van der Waals surface area contributed by atoms with Gasteiger partial charge in [-0.3, -0.25) is 10.1 Å². The molecular formula is C12H24N2O3Si. The van der Waals surface area contributed by atoms with Gasteiger partial charge < -0.3 is 4.43 Å². The number of nitrogens with zero attached hydrogens (tertiary/aromatic N) is 2. The van der Waals surface area contributed by atoms with Crippen LogP contribution in [0.3, 0.4) is 0 Å². The highest BCUT2D eigenvalue weighted by molar-refractivity contribution is 6.74. The molecule has 0 radical (unpaired) electrons. The molecule has 2 atom stereocenters. The molecule has 0 aliphatic carbocycles. The maximum absolute atomic E-state index is 11.0. The molecule has 0 saturated carbocycles. The van der Waals surface area contributed by atoms with E-state index in [1.54, 1.807) is 6.92 Å². The highest BCUT2D eigenvalue weighted by Crippen LogP contribution is 2.37. The summed E-state index contributed by atoms with van der Waals surface area (Å²) in [6, 6.07) is 1.16. The van der Waals surface area contributed by atoms with E-state index in [1.165, 1.54) is 0 Å². The van der Waals surface area contributed by atoms with Crippen molar-refractivity contribution in [2.45, 2.75) is 70.8 Å². The van der Waals surface area contributed by atoms with Gasteiger partial charge >= 0.3 is 0 Å². The largest absolute Gasteiger partial charge is 0.407 e. The number of nitriles is 1. The molecule has 5 nitrogen and oxygen atoms in total. The summed E-state index contributed by atoms with van der Waals surface area (Å²) in [5.41, 5.74) is 0. The predicted molar refractivity (Wildman–Crippen MR) is 73.4 cm³/mol. The van der Waals surface area contributed by atoms with Crippen LogP contribution in [-0.4, -0.2) is 25.4 Å². The summed E-state index contributed by atoms with van der Waals surface area (Å²) >= 11 is 0. The van der Waals surface area contributed by atoms with Crippen molar-refractivity contribution in [3.8, 4) is 6.07 Å². The summed E-state index contributed by atoms with van der Waals surface area (Å²) in [5, 5.41) is 19.6. The zero-order chi connectivity index (χ0) is 14.6. The van der Waals surface area contributed by atoms with Crippen LogP contribution < -0.4 is 0 Å². The van der Waals surface area contributed by atoms with E-state index in [0.29, 0.717) is 0 Å². The van der Waals surface area contributed by atoms with Crippen LogP contribution in [-0.2, 0) is 4.43 Å². The number of nitro groups is 1. The van der Waals surface area contributed by atoms with E-state index in [4.69, 9.17) is 9.69 Å². The molecule has 1 unspecified atom stereocenters. The Hall–Kier alpha value is -0.933. The Kier molecular flexibility index (Phi) is 5.97. The second-order valence-electron chi connectivity index (χ2n) is 6.13. The fourth-order valence-electron chi connectivity index (χ4n) is 1.44. The van der Waals surface area contributed by atoms with Gasteiger partial charge in [0.1, 0.15) is 6.10 Å². The Labute approximate surface area is 110 Å². The van der Waals surface area contributed by atoms with E-state index in [0.717, 1.165) is 0 Å². The highest BCUT2D eigenvalue weighted by atomic mass is 28.4. The number of rotatable bonds is 6. The minimum atomic E-state index is -2.00. The van der Waals surface area contributed by atoms with Crippen molar-refractivity contribution in [3.05, 3.63) is 10.1 Å². The van der Waals surface area contributed by atoms with Crippen LogP contribution in [0.5, 0.6) is 0 Å². The van der Waals surface area contributed by atoms with Gasteiger partial charge in [0, 0.05) is 17.8 Å². The van der Waals surface area contributed by atoms with Crippen LogP contribution in [0.2, 0.25) is 18.1 Å². The predicted octanol–water partition coefficient (Wildman–Crippen LogP) is 3.35. The standard InChI is InChI=1S/C12H24N2O3Si/c1-10(11(14(15)16)8-7-9-13)17-18(5,6)12(2,3)4/h10-11H,7-8H2,1-6H3/t10-,11?/m0/s1. The van der Waals surface area contributed by atoms with Crippen molar-refractivity contribution in [2.24, 2.45) is 0 Å². The van der Waals surface area contributed by atoms with E-state index in [1.807, 2.05) is 6.07 Å². The Morgan fingerprint density at radius 2 is 1.94 bits per heavy atom. The molecule has 0 aliphatic rings.